The molecule has 1 aliphatic heterocycles. The molecule has 1 N–H and O–H groups in total. The van der Waals surface area contributed by atoms with Gasteiger partial charge in [0.1, 0.15) is 0 Å². The molecule has 0 bridgehead atoms. The monoisotopic (exact) mass is 357 g/mol. The van der Waals surface area contributed by atoms with Crippen molar-refractivity contribution < 1.29 is 0 Å². The van der Waals surface area contributed by atoms with Crippen LogP contribution < -0.4 is 5.32 Å². The van der Waals surface area contributed by atoms with E-state index in [1.807, 2.05) is 0 Å². The van der Waals surface area contributed by atoms with Crippen LogP contribution in [-0.4, -0.2) is 47.6 Å². The predicted octanol–water partition coefficient (Wildman–Crippen LogP) is 3.52. The van der Waals surface area contributed by atoms with Crippen LogP contribution in [0, 0.1) is 0 Å². The first kappa shape index (κ1) is 13.7. The number of thioether (sulfide) groups is 1. The number of rotatable bonds is 4. The summed E-state index contributed by atoms with van der Waals surface area (Å²) in [4.78, 5) is 7.13. The SMILES string of the molecule is Brc1ccc2sc(NCCN3CCSCC3)nc2c1. The van der Waals surface area contributed by atoms with Gasteiger partial charge in [-0.1, -0.05) is 27.3 Å². The largest absolute Gasteiger partial charge is 0.360 e. The molecule has 3 rings (SSSR count). The van der Waals surface area contributed by atoms with E-state index in [1.54, 1.807) is 11.3 Å². The van der Waals surface area contributed by atoms with Crippen LogP contribution in [0.5, 0.6) is 0 Å². The molecule has 3 nitrogen and oxygen atoms in total. The molecule has 19 heavy (non-hydrogen) atoms. The summed E-state index contributed by atoms with van der Waals surface area (Å²) in [5.74, 6) is 2.55. The van der Waals surface area contributed by atoms with Crippen molar-refractivity contribution in [2.75, 3.05) is 43.0 Å². The molecule has 0 atom stereocenters. The number of nitrogens with zero attached hydrogens (tertiary/aromatic N) is 2. The third kappa shape index (κ3) is 3.62. The molecule has 1 aromatic carbocycles. The predicted molar refractivity (Wildman–Crippen MR) is 89.6 cm³/mol. The topological polar surface area (TPSA) is 28.2 Å². The number of halogens is 1. The molecule has 2 aromatic rings. The molecule has 0 spiro atoms. The van der Waals surface area contributed by atoms with Crippen LogP contribution in [0.1, 0.15) is 0 Å². The molecule has 6 heteroatoms. The van der Waals surface area contributed by atoms with E-state index in [2.05, 4.69) is 61.1 Å². The van der Waals surface area contributed by atoms with Crippen molar-refractivity contribution in [2.45, 2.75) is 0 Å². The Morgan fingerprint density at radius 1 is 1.32 bits per heavy atom. The van der Waals surface area contributed by atoms with Gasteiger partial charge in [0.15, 0.2) is 5.13 Å². The van der Waals surface area contributed by atoms with E-state index in [4.69, 9.17) is 0 Å². The van der Waals surface area contributed by atoms with Crippen molar-refractivity contribution in [3.8, 4) is 0 Å². The summed E-state index contributed by atoms with van der Waals surface area (Å²) in [6.45, 7) is 4.53. The van der Waals surface area contributed by atoms with E-state index in [9.17, 15) is 0 Å². The fourth-order valence-electron chi connectivity index (χ4n) is 2.12. The first-order valence-electron chi connectivity index (χ1n) is 6.41. The molecule has 1 fully saturated rings. The summed E-state index contributed by atoms with van der Waals surface area (Å²) in [7, 11) is 0. The Labute approximate surface area is 129 Å². The van der Waals surface area contributed by atoms with Gasteiger partial charge in [0.05, 0.1) is 10.2 Å². The highest BCUT2D eigenvalue weighted by molar-refractivity contribution is 9.10. The third-order valence-electron chi connectivity index (χ3n) is 3.16. The molecule has 0 aliphatic carbocycles. The minimum Gasteiger partial charge on any atom is -0.360 e. The van der Waals surface area contributed by atoms with Crippen molar-refractivity contribution in [3.63, 3.8) is 0 Å². The highest BCUT2D eigenvalue weighted by atomic mass is 79.9. The van der Waals surface area contributed by atoms with E-state index in [0.29, 0.717) is 0 Å². The molecule has 0 unspecified atom stereocenters. The molecular formula is C13H16BrN3S2. The van der Waals surface area contributed by atoms with Crippen LogP contribution in [0.25, 0.3) is 10.2 Å². The molecule has 2 heterocycles. The van der Waals surface area contributed by atoms with E-state index in [0.717, 1.165) is 28.2 Å². The van der Waals surface area contributed by atoms with Crippen LogP contribution >= 0.6 is 39.0 Å². The summed E-state index contributed by atoms with van der Waals surface area (Å²) in [6.07, 6.45) is 0. The van der Waals surface area contributed by atoms with Gasteiger partial charge in [0, 0.05) is 42.2 Å². The Hall–Kier alpha value is -0.300. The third-order valence-corrected chi connectivity index (χ3v) is 5.59. The molecule has 102 valence electrons. The number of anilines is 1. The first-order chi connectivity index (χ1) is 9.31. The number of nitrogens with one attached hydrogen (secondary N) is 1. The fraction of sp³-hybridized carbons (Fsp3) is 0.462. The van der Waals surface area contributed by atoms with E-state index in [1.165, 1.54) is 29.3 Å². The minimum absolute atomic E-state index is 0.978. The number of hydrogen-bond acceptors (Lipinski definition) is 5. The molecule has 0 amide bonds. The van der Waals surface area contributed by atoms with Crippen LogP contribution in [-0.2, 0) is 0 Å². The second-order valence-corrected chi connectivity index (χ2v) is 7.68. The van der Waals surface area contributed by atoms with Gasteiger partial charge in [-0.05, 0) is 18.2 Å². The number of fused-ring (bicyclic) bond motifs is 1. The number of benzene rings is 1. The van der Waals surface area contributed by atoms with E-state index in [-0.39, 0.29) is 0 Å². The normalized spacial score (nSPS) is 16.9. The molecule has 1 aliphatic rings. The number of aromatic nitrogens is 1. The van der Waals surface area contributed by atoms with Crippen molar-refractivity contribution in [1.29, 1.82) is 0 Å². The molecule has 1 aromatic heterocycles. The zero-order valence-electron chi connectivity index (χ0n) is 10.6. The Morgan fingerprint density at radius 3 is 3.00 bits per heavy atom. The van der Waals surface area contributed by atoms with Gasteiger partial charge in [-0.15, -0.1) is 0 Å². The lowest BCUT2D eigenvalue weighted by molar-refractivity contribution is 0.314. The summed E-state index contributed by atoms with van der Waals surface area (Å²) in [5, 5.41) is 4.47. The molecular weight excluding hydrogens is 342 g/mol. The fourth-order valence-corrected chi connectivity index (χ4v) is 4.32. The average molecular weight is 358 g/mol. The van der Waals surface area contributed by atoms with Gasteiger partial charge in [0.2, 0.25) is 0 Å². The van der Waals surface area contributed by atoms with Gasteiger partial charge < -0.3 is 5.32 Å². The van der Waals surface area contributed by atoms with Gasteiger partial charge >= 0.3 is 0 Å². The zero-order chi connectivity index (χ0) is 13.1. The van der Waals surface area contributed by atoms with Crippen molar-refractivity contribution >= 4 is 54.4 Å². The summed E-state index contributed by atoms with van der Waals surface area (Å²) in [5.41, 5.74) is 1.07. The van der Waals surface area contributed by atoms with Crippen molar-refractivity contribution in [1.82, 2.24) is 9.88 Å². The van der Waals surface area contributed by atoms with Gasteiger partial charge in [-0.25, -0.2) is 4.98 Å². The highest BCUT2D eigenvalue weighted by Crippen LogP contribution is 2.27. The Kier molecular flexibility index (Phi) is 4.63. The Morgan fingerprint density at radius 2 is 2.16 bits per heavy atom. The summed E-state index contributed by atoms with van der Waals surface area (Å²) in [6, 6.07) is 6.25. The maximum absolute atomic E-state index is 4.61. The summed E-state index contributed by atoms with van der Waals surface area (Å²) >= 11 is 7.26. The average Bonchev–Trinajstić information content (AvgIpc) is 2.82. The number of thiazole rings is 1. The summed E-state index contributed by atoms with van der Waals surface area (Å²) < 4.78 is 2.32. The molecule has 0 saturated carbocycles. The Balaban J connectivity index is 1.56. The maximum atomic E-state index is 4.61. The minimum atomic E-state index is 0.978. The lowest BCUT2D eigenvalue weighted by atomic mass is 10.3. The number of hydrogen-bond donors (Lipinski definition) is 1. The van der Waals surface area contributed by atoms with Crippen molar-refractivity contribution in [3.05, 3.63) is 22.7 Å². The van der Waals surface area contributed by atoms with Crippen LogP contribution in [0.2, 0.25) is 0 Å². The highest BCUT2D eigenvalue weighted by Gasteiger charge is 2.10. The Bertz CT molecular complexity index is 552. The smallest absolute Gasteiger partial charge is 0.183 e. The van der Waals surface area contributed by atoms with Crippen LogP contribution in [0.3, 0.4) is 0 Å². The van der Waals surface area contributed by atoms with Gasteiger partial charge in [-0.2, -0.15) is 11.8 Å². The van der Waals surface area contributed by atoms with Crippen LogP contribution in [0.15, 0.2) is 22.7 Å². The molecule has 0 radical (unpaired) electrons. The second kappa shape index (κ2) is 6.43. The lowest BCUT2D eigenvalue weighted by Gasteiger charge is -2.25. The standard InChI is InChI=1S/C13H16BrN3S2/c14-10-1-2-12-11(9-10)16-13(19-12)15-3-4-17-5-7-18-8-6-17/h1-2,9H,3-8H2,(H,15,16). The van der Waals surface area contributed by atoms with Crippen LogP contribution in [0.4, 0.5) is 5.13 Å². The quantitative estimate of drug-likeness (QED) is 0.905. The molecule has 1 saturated heterocycles. The van der Waals surface area contributed by atoms with E-state index < -0.39 is 0 Å². The van der Waals surface area contributed by atoms with Gasteiger partial charge in [0.25, 0.3) is 0 Å². The maximum Gasteiger partial charge on any atom is 0.183 e. The lowest BCUT2D eigenvalue weighted by Crippen LogP contribution is -2.36. The van der Waals surface area contributed by atoms with Crippen molar-refractivity contribution in [2.24, 2.45) is 0 Å². The van der Waals surface area contributed by atoms with Gasteiger partial charge in [-0.3, -0.25) is 4.90 Å². The second-order valence-electron chi connectivity index (χ2n) is 4.51. The zero-order valence-corrected chi connectivity index (χ0v) is 13.8. The van der Waals surface area contributed by atoms with E-state index >= 15 is 0 Å². The first-order valence-corrected chi connectivity index (χ1v) is 9.18.